The van der Waals surface area contributed by atoms with Crippen molar-refractivity contribution in [2.75, 3.05) is 24.7 Å². The number of carbonyl (C=O) groups is 1. The first kappa shape index (κ1) is 28.0. The lowest BCUT2D eigenvalue weighted by atomic mass is 10.1. The van der Waals surface area contributed by atoms with Crippen molar-refractivity contribution in [3.8, 4) is 0 Å². The summed E-state index contributed by atoms with van der Waals surface area (Å²) in [5, 5.41) is 12.2. The van der Waals surface area contributed by atoms with E-state index in [1.807, 2.05) is 41.7 Å². The summed E-state index contributed by atoms with van der Waals surface area (Å²) in [4.78, 5) is 21.1. The molecule has 0 aromatic heterocycles. The molecule has 1 aliphatic rings. The number of anilines is 1. The Bertz CT molecular complexity index is 1200. The zero-order valence-electron chi connectivity index (χ0n) is 19.2. The van der Waals surface area contributed by atoms with Crippen molar-refractivity contribution in [1.82, 2.24) is 9.03 Å². The number of carboxylic acid groups (broad SMARTS) is 1. The Labute approximate surface area is 214 Å². The molecule has 0 fully saturated rings. The average molecular weight is 562 g/mol. The lowest BCUT2D eigenvalue weighted by molar-refractivity contribution is -0.134. The van der Waals surface area contributed by atoms with E-state index >= 15 is 0 Å². The first-order valence-corrected chi connectivity index (χ1v) is 15.7. The lowest BCUT2D eigenvalue weighted by Crippen LogP contribution is -2.36. The molecule has 0 bridgehead atoms. The maximum absolute atomic E-state index is 12.9. The second kappa shape index (κ2) is 12.1. The maximum Gasteiger partial charge on any atom is 0.313 e. The third-order valence-corrected chi connectivity index (χ3v) is 10.2. The Morgan fingerprint density at radius 1 is 1.23 bits per heavy atom. The summed E-state index contributed by atoms with van der Waals surface area (Å²) in [6.45, 7) is 0.159. The molecule has 2 unspecified atom stereocenters. The number of sulfonamides is 1. The van der Waals surface area contributed by atoms with Gasteiger partial charge >= 0.3 is 5.97 Å². The van der Waals surface area contributed by atoms with Gasteiger partial charge in [-0.1, -0.05) is 54.8 Å². The van der Waals surface area contributed by atoms with Crippen molar-refractivity contribution in [2.45, 2.75) is 48.2 Å². The lowest BCUT2D eigenvalue weighted by Gasteiger charge is -2.35. The second-order valence-electron chi connectivity index (χ2n) is 8.36. The fourth-order valence-electron chi connectivity index (χ4n) is 3.69. The molecule has 0 saturated heterocycles. The van der Waals surface area contributed by atoms with E-state index in [-0.39, 0.29) is 28.8 Å². The van der Waals surface area contributed by atoms with E-state index in [9.17, 15) is 22.7 Å². The third kappa shape index (κ3) is 8.21. The van der Waals surface area contributed by atoms with E-state index in [0.717, 1.165) is 29.0 Å². The number of hydrogen-bond acceptors (Lipinski definition) is 7. The number of nitrogens with zero attached hydrogens (tertiary/aromatic N) is 1. The van der Waals surface area contributed by atoms with Crippen molar-refractivity contribution in [3.63, 3.8) is 0 Å². The molecule has 0 amide bonds. The van der Waals surface area contributed by atoms with Gasteiger partial charge in [-0.15, -0.1) is 0 Å². The molecular weight excluding hydrogens is 533 g/mol. The fraction of sp³-hybridized carbons (Fsp3) is 0.409. The molecule has 9 nitrogen and oxygen atoms in total. The van der Waals surface area contributed by atoms with Crippen LogP contribution in [0.25, 0.3) is 0 Å². The molecule has 13 heteroatoms. The van der Waals surface area contributed by atoms with Crippen LogP contribution >= 0.6 is 30.9 Å². The number of aliphatic carboxylic acids is 1. The van der Waals surface area contributed by atoms with E-state index in [4.69, 9.17) is 16.7 Å². The van der Waals surface area contributed by atoms with Crippen LogP contribution in [0.4, 0.5) is 5.69 Å². The van der Waals surface area contributed by atoms with Crippen LogP contribution in [0, 0.1) is 0 Å². The summed E-state index contributed by atoms with van der Waals surface area (Å²) in [6, 6.07) is 12.4. The van der Waals surface area contributed by atoms with Gasteiger partial charge in [-0.3, -0.25) is 9.36 Å². The van der Waals surface area contributed by atoms with Gasteiger partial charge in [-0.05, 0) is 49.5 Å². The highest BCUT2D eigenvalue weighted by Gasteiger charge is 2.28. The largest absolute Gasteiger partial charge is 0.481 e. The molecular formula is C22H29ClN3O6PS2. The molecule has 0 radical (unpaired) electrons. The van der Waals surface area contributed by atoms with E-state index < -0.39 is 29.5 Å². The summed E-state index contributed by atoms with van der Waals surface area (Å²) < 4.78 is 42.2. The van der Waals surface area contributed by atoms with Crippen LogP contribution in [0.3, 0.4) is 0 Å². The van der Waals surface area contributed by atoms with Gasteiger partial charge in [0, 0.05) is 17.6 Å². The predicted molar refractivity (Wildman–Crippen MR) is 139 cm³/mol. The summed E-state index contributed by atoms with van der Waals surface area (Å²) >= 11 is 7.78. The maximum atomic E-state index is 12.9. The van der Waals surface area contributed by atoms with Gasteiger partial charge in [-0.25, -0.2) is 17.4 Å². The van der Waals surface area contributed by atoms with E-state index in [0.29, 0.717) is 12.8 Å². The van der Waals surface area contributed by atoms with Crippen LogP contribution in [-0.4, -0.2) is 54.2 Å². The highest BCUT2D eigenvalue weighted by Crippen LogP contribution is 2.42. The molecule has 0 spiro atoms. The van der Waals surface area contributed by atoms with Gasteiger partial charge < -0.3 is 15.3 Å². The van der Waals surface area contributed by atoms with E-state index in [1.165, 1.54) is 11.9 Å². The number of carboxylic acids is 1. The number of hydrogen-bond donors (Lipinski definition) is 4. The number of rotatable bonds is 12. The van der Waals surface area contributed by atoms with Gasteiger partial charge in [0.25, 0.3) is 0 Å². The second-order valence-corrected chi connectivity index (χ2v) is 14.2. The SMILES string of the molecule is CN1Sc2cc(S(=O)(=O)NCc3ccccc3)c(Cl)cc2NC1CCCCCP(=O)(O)CC(=O)O. The Morgan fingerprint density at radius 3 is 2.63 bits per heavy atom. The number of benzene rings is 2. The molecule has 0 saturated carbocycles. The molecule has 3 rings (SSSR count). The zero-order valence-corrected chi connectivity index (χ0v) is 22.5. The topological polar surface area (TPSA) is 136 Å². The number of halogens is 1. The van der Waals surface area contributed by atoms with E-state index in [1.54, 1.807) is 12.1 Å². The summed E-state index contributed by atoms with van der Waals surface area (Å²) in [6.07, 6.45) is 1.94. The molecule has 1 heterocycles. The number of nitrogens with one attached hydrogen (secondary N) is 2. The Kier molecular flexibility index (Phi) is 9.67. The van der Waals surface area contributed by atoms with Crippen molar-refractivity contribution in [3.05, 3.63) is 53.1 Å². The van der Waals surface area contributed by atoms with Crippen LogP contribution in [0.2, 0.25) is 5.02 Å². The minimum atomic E-state index is -3.82. The fourth-order valence-corrected chi connectivity index (χ4v) is 7.61. The molecule has 35 heavy (non-hydrogen) atoms. The van der Waals surface area contributed by atoms with Gasteiger partial charge in [0.2, 0.25) is 17.4 Å². The smallest absolute Gasteiger partial charge is 0.313 e. The molecule has 2 aromatic rings. The third-order valence-electron chi connectivity index (χ3n) is 5.50. The molecule has 192 valence electrons. The number of fused-ring (bicyclic) bond motifs is 1. The molecule has 4 N–H and O–H groups in total. The van der Waals surface area contributed by atoms with Gasteiger partial charge in [0.1, 0.15) is 11.1 Å². The van der Waals surface area contributed by atoms with Crippen molar-refractivity contribution in [2.24, 2.45) is 0 Å². The first-order chi connectivity index (χ1) is 16.5. The first-order valence-electron chi connectivity index (χ1n) is 11.0. The molecule has 2 aromatic carbocycles. The highest BCUT2D eigenvalue weighted by molar-refractivity contribution is 7.97. The van der Waals surface area contributed by atoms with Gasteiger partial charge in [-0.2, -0.15) is 0 Å². The minimum Gasteiger partial charge on any atom is -0.481 e. The Morgan fingerprint density at radius 2 is 1.94 bits per heavy atom. The Hall–Kier alpha value is -1.59. The highest BCUT2D eigenvalue weighted by atomic mass is 35.5. The van der Waals surface area contributed by atoms with Crippen molar-refractivity contribution >= 4 is 52.6 Å². The quantitative estimate of drug-likeness (QED) is 0.168. The van der Waals surface area contributed by atoms with Gasteiger partial charge in [0.05, 0.1) is 16.9 Å². The normalized spacial score (nSPS) is 17.9. The van der Waals surface area contributed by atoms with E-state index in [2.05, 4.69) is 10.0 Å². The summed E-state index contributed by atoms with van der Waals surface area (Å²) in [5.41, 5.74) is 1.58. The Balaban J connectivity index is 1.57. The standard InChI is InChI=1S/C22H29ClN3O6PS2/c1-26-21(10-6-3-7-11-33(29,30)15-22(27)28)25-18-12-17(23)20(13-19(18)34-26)35(31,32)24-14-16-8-4-2-5-9-16/h2,4-5,8-9,12-13,21,24-25H,3,6-7,10-11,14-15H2,1H3,(H,27,28)(H,29,30). The summed E-state index contributed by atoms with van der Waals surface area (Å²) in [5.74, 6) is -1.26. The number of unbranched alkanes of at least 4 members (excludes halogenated alkanes) is 2. The van der Waals surface area contributed by atoms with Crippen LogP contribution in [0.15, 0.2) is 52.3 Å². The molecule has 2 atom stereocenters. The minimum absolute atomic E-state index is 0.00398. The summed E-state index contributed by atoms with van der Waals surface area (Å²) in [7, 11) is -5.54. The molecule has 1 aliphatic heterocycles. The van der Waals surface area contributed by atoms with Crippen molar-refractivity contribution in [1.29, 1.82) is 0 Å². The van der Waals surface area contributed by atoms with Crippen LogP contribution < -0.4 is 10.0 Å². The monoisotopic (exact) mass is 561 g/mol. The van der Waals surface area contributed by atoms with Crippen LogP contribution in [0.1, 0.15) is 31.2 Å². The van der Waals surface area contributed by atoms with Crippen molar-refractivity contribution < 1.29 is 27.8 Å². The average Bonchev–Trinajstić information content (AvgIpc) is 2.77. The van der Waals surface area contributed by atoms with Crippen LogP contribution in [-0.2, 0) is 25.9 Å². The molecule has 0 aliphatic carbocycles. The zero-order chi connectivity index (χ0) is 25.6. The predicted octanol–water partition coefficient (Wildman–Crippen LogP) is 4.42. The van der Waals surface area contributed by atoms with Gasteiger partial charge in [0.15, 0.2) is 0 Å². The van der Waals surface area contributed by atoms with Crippen LogP contribution in [0.5, 0.6) is 0 Å².